The van der Waals surface area contributed by atoms with Gasteiger partial charge in [-0.25, -0.2) is 9.82 Å². The van der Waals surface area contributed by atoms with Crippen LogP contribution in [0.1, 0.15) is 11.1 Å². The van der Waals surface area contributed by atoms with Crippen LogP contribution in [-0.4, -0.2) is 18.0 Å². The molecule has 2 amide bonds. The van der Waals surface area contributed by atoms with Crippen LogP contribution in [-0.2, 0) is 9.59 Å². The molecule has 0 heterocycles. The van der Waals surface area contributed by atoms with Crippen LogP contribution in [0.4, 0.5) is 10.1 Å². The third-order valence-corrected chi connectivity index (χ3v) is 2.77. The maximum absolute atomic E-state index is 12.7. The van der Waals surface area contributed by atoms with E-state index in [1.54, 1.807) is 12.1 Å². The third-order valence-electron chi connectivity index (χ3n) is 2.77. The van der Waals surface area contributed by atoms with Crippen LogP contribution < -0.4 is 10.7 Å². The summed E-state index contributed by atoms with van der Waals surface area (Å²) in [5, 5.41) is 6.09. The maximum atomic E-state index is 12.7. The Labute approximate surface area is 126 Å². The third kappa shape index (κ3) is 4.52. The standard InChI is InChI=1S/C16H14FN3O2/c1-11-2-8-14(9-3-11)19-15(21)16(22)20-18-10-12-4-6-13(17)7-5-12/h2-10H,1H3,(H,19,21)(H,20,22). The molecule has 0 bridgehead atoms. The number of amides is 2. The van der Waals surface area contributed by atoms with Crippen LogP contribution in [0.3, 0.4) is 0 Å². The van der Waals surface area contributed by atoms with Crippen molar-refractivity contribution in [2.45, 2.75) is 6.92 Å². The van der Waals surface area contributed by atoms with Crippen molar-refractivity contribution in [3.63, 3.8) is 0 Å². The second-order valence-corrected chi connectivity index (χ2v) is 4.57. The number of halogens is 1. The van der Waals surface area contributed by atoms with Gasteiger partial charge in [-0.1, -0.05) is 29.8 Å². The lowest BCUT2D eigenvalue weighted by Gasteiger charge is -2.04. The molecule has 0 aromatic heterocycles. The highest BCUT2D eigenvalue weighted by molar-refractivity contribution is 6.39. The van der Waals surface area contributed by atoms with Gasteiger partial charge in [-0.2, -0.15) is 5.10 Å². The van der Waals surface area contributed by atoms with Gasteiger partial charge in [0.1, 0.15) is 5.82 Å². The quantitative estimate of drug-likeness (QED) is 0.518. The molecule has 22 heavy (non-hydrogen) atoms. The lowest BCUT2D eigenvalue weighted by atomic mass is 10.2. The highest BCUT2D eigenvalue weighted by atomic mass is 19.1. The summed E-state index contributed by atoms with van der Waals surface area (Å²) in [7, 11) is 0. The number of nitrogens with zero attached hydrogens (tertiary/aromatic N) is 1. The highest BCUT2D eigenvalue weighted by Crippen LogP contribution is 2.08. The summed E-state index contributed by atoms with van der Waals surface area (Å²) in [6, 6.07) is 12.6. The van der Waals surface area contributed by atoms with Crippen LogP contribution in [0.2, 0.25) is 0 Å². The zero-order chi connectivity index (χ0) is 15.9. The molecule has 0 aliphatic carbocycles. The summed E-state index contributed by atoms with van der Waals surface area (Å²) in [5.41, 5.74) is 4.27. The first kappa shape index (κ1) is 15.4. The van der Waals surface area contributed by atoms with Crippen molar-refractivity contribution in [3.8, 4) is 0 Å². The van der Waals surface area contributed by atoms with E-state index >= 15 is 0 Å². The van der Waals surface area contributed by atoms with Gasteiger partial charge in [-0.3, -0.25) is 9.59 Å². The second-order valence-electron chi connectivity index (χ2n) is 4.57. The maximum Gasteiger partial charge on any atom is 0.329 e. The monoisotopic (exact) mass is 299 g/mol. The SMILES string of the molecule is Cc1ccc(NC(=O)C(=O)NN=Cc2ccc(F)cc2)cc1. The first-order valence-electron chi connectivity index (χ1n) is 6.51. The molecule has 2 aromatic carbocycles. The van der Waals surface area contributed by atoms with E-state index in [4.69, 9.17) is 0 Å². The lowest BCUT2D eigenvalue weighted by molar-refractivity contribution is -0.136. The fourth-order valence-electron chi connectivity index (χ4n) is 1.59. The molecule has 2 N–H and O–H groups in total. The smallest absolute Gasteiger partial charge is 0.318 e. The van der Waals surface area contributed by atoms with Crippen LogP contribution in [0.5, 0.6) is 0 Å². The highest BCUT2D eigenvalue weighted by Gasteiger charge is 2.12. The number of rotatable bonds is 3. The Bertz CT molecular complexity index is 694. The van der Waals surface area contributed by atoms with Gasteiger partial charge in [0.05, 0.1) is 6.21 Å². The molecular formula is C16H14FN3O2. The van der Waals surface area contributed by atoms with Crippen molar-refractivity contribution < 1.29 is 14.0 Å². The Morgan fingerprint density at radius 1 is 1.00 bits per heavy atom. The van der Waals surface area contributed by atoms with Gasteiger partial charge < -0.3 is 5.32 Å². The van der Waals surface area contributed by atoms with Crippen molar-refractivity contribution in [1.82, 2.24) is 5.43 Å². The van der Waals surface area contributed by atoms with Crippen LogP contribution in [0.25, 0.3) is 0 Å². The molecule has 2 aromatic rings. The van der Waals surface area contributed by atoms with Crippen LogP contribution in [0.15, 0.2) is 53.6 Å². The molecule has 0 saturated heterocycles. The summed E-state index contributed by atoms with van der Waals surface area (Å²) in [6.07, 6.45) is 1.32. The van der Waals surface area contributed by atoms with Crippen LogP contribution in [0, 0.1) is 12.7 Å². The van der Waals surface area contributed by atoms with Gasteiger partial charge in [-0.05, 0) is 36.8 Å². The molecule has 0 fully saturated rings. The topological polar surface area (TPSA) is 70.6 Å². The van der Waals surface area contributed by atoms with Gasteiger partial charge in [-0.15, -0.1) is 0 Å². The van der Waals surface area contributed by atoms with Gasteiger partial charge in [0, 0.05) is 5.69 Å². The molecular weight excluding hydrogens is 285 g/mol. The van der Waals surface area contributed by atoms with E-state index in [1.807, 2.05) is 19.1 Å². The first-order valence-corrected chi connectivity index (χ1v) is 6.51. The summed E-state index contributed by atoms with van der Waals surface area (Å²) in [5.74, 6) is -2.07. The van der Waals surface area contributed by atoms with E-state index < -0.39 is 11.8 Å². The molecule has 112 valence electrons. The first-order chi connectivity index (χ1) is 10.5. The van der Waals surface area contributed by atoms with Gasteiger partial charge in [0.25, 0.3) is 0 Å². The lowest BCUT2D eigenvalue weighted by Crippen LogP contribution is -2.32. The van der Waals surface area contributed by atoms with E-state index in [2.05, 4.69) is 15.8 Å². The number of anilines is 1. The Balaban J connectivity index is 1.87. The number of hydrogen-bond acceptors (Lipinski definition) is 3. The zero-order valence-electron chi connectivity index (χ0n) is 11.8. The van der Waals surface area contributed by atoms with Crippen molar-refractivity contribution in [1.29, 1.82) is 0 Å². The summed E-state index contributed by atoms with van der Waals surface area (Å²) >= 11 is 0. The average molecular weight is 299 g/mol. The van der Waals surface area contributed by atoms with Gasteiger partial charge in [0.15, 0.2) is 0 Å². The fourth-order valence-corrected chi connectivity index (χ4v) is 1.59. The van der Waals surface area contributed by atoms with Crippen molar-refractivity contribution >= 4 is 23.7 Å². The second kappa shape index (κ2) is 7.12. The van der Waals surface area contributed by atoms with Crippen molar-refractivity contribution in [3.05, 3.63) is 65.5 Å². The zero-order valence-corrected chi connectivity index (χ0v) is 11.8. The molecule has 6 heteroatoms. The summed E-state index contributed by atoms with van der Waals surface area (Å²) in [6.45, 7) is 1.92. The predicted molar refractivity (Wildman–Crippen MR) is 81.9 cm³/mol. The molecule has 0 atom stereocenters. The Kier molecular flexibility index (Phi) is 4.98. The van der Waals surface area contributed by atoms with Crippen molar-refractivity contribution in [2.75, 3.05) is 5.32 Å². The number of benzene rings is 2. The number of aryl methyl sites for hydroxylation is 1. The molecule has 0 aliphatic rings. The minimum Gasteiger partial charge on any atom is -0.318 e. The van der Waals surface area contributed by atoms with E-state index in [1.165, 1.54) is 30.5 Å². The number of nitrogens with one attached hydrogen (secondary N) is 2. The van der Waals surface area contributed by atoms with E-state index in [9.17, 15) is 14.0 Å². The molecule has 0 radical (unpaired) electrons. The van der Waals surface area contributed by atoms with E-state index in [-0.39, 0.29) is 5.82 Å². The number of carbonyl (C=O) groups is 2. The summed E-state index contributed by atoms with van der Waals surface area (Å²) in [4.78, 5) is 23.2. The number of carbonyl (C=O) groups excluding carboxylic acids is 2. The summed E-state index contributed by atoms with van der Waals surface area (Å²) < 4.78 is 12.7. The Morgan fingerprint density at radius 2 is 1.64 bits per heavy atom. The van der Waals surface area contributed by atoms with Gasteiger partial charge >= 0.3 is 11.8 Å². The fraction of sp³-hybridized carbons (Fsp3) is 0.0625. The normalized spacial score (nSPS) is 10.5. The largest absolute Gasteiger partial charge is 0.329 e. The molecule has 0 unspecified atom stereocenters. The van der Waals surface area contributed by atoms with E-state index in [0.717, 1.165) is 5.56 Å². The minimum atomic E-state index is -0.890. The Morgan fingerprint density at radius 3 is 2.27 bits per heavy atom. The molecule has 5 nitrogen and oxygen atoms in total. The number of hydrogen-bond donors (Lipinski definition) is 2. The van der Waals surface area contributed by atoms with Crippen molar-refractivity contribution in [2.24, 2.45) is 5.10 Å². The average Bonchev–Trinajstić information content (AvgIpc) is 2.51. The van der Waals surface area contributed by atoms with Crippen LogP contribution >= 0.6 is 0 Å². The molecule has 0 aliphatic heterocycles. The van der Waals surface area contributed by atoms with Gasteiger partial charge in [0.2, 0.25) is 0 Å². The minimum absolute atomic E-state index is 0.362. The molecule has 0 saturated carbocycles. The molecule has 2 rings (SSSR count). The predicted octanol–water partition coefficient (Wildman–Crippen LogP) is 2.22. The van der Waals surface area contributed by atoms with E-state index in [0.29, 0.717) is 11.3 Å². The number of hydrazone groups is 1. The Hall–Kier alpha value is -3.02. The molecule has 0 spiro atoms.